The van der Waals surface area contributed by atoms with Gasteiger partial charge < -0.3 is 16.4 Å². The number of carbonyl (C=O) groups is 2. The van der Waals surface area contributed by atoms with Gasteiger partial charge in [0.2, 0.25) is 11.8 Å². The van der Waals surface area contributed by atoms with Gasteiger partial charge in [-0.1, -0.05) is 20.8 Å². The molecule has 104 valence electrons. The Kier molecular flexibility index (Phi) is 5.59. The first-order valence-corrected chi connectivity index (χ1v) is 6.71. The van der Waals surface area contributed by atoms with E-state index < -0.39 is 6.04 Å². The highest BCUT2D eigenvalue weighted by Gasteiger charge is 2.27. The van der Waals surface area contributed by atoms with Crippen molar-refractivity contribution in [2.24, 2.45) is 23.5 Å². The summed E-state index contributed by atoms with van der Waals surface area (Å²) in [4.78, 5) is 23.0. The first-order chi connectivity index (χ1) is 8.41. The molecule has 0 bridgehead atoms. The van der Waals surface area contributed by atoms with Crippen molar-refractivity contribution in [3.8, 4) is 0 Å². The third kappa shape index (κ3) is 5.04. The van der Waals surface area contributed by atoms with E-state index in [1.807, 2.05) is 13.8 Å². The summed E-state index contributed by atoms with van der Waals surface area (Å²) < 4.78 is 0. The molecule has 0 aliphatic heterocycles. The van der Waals surface area contributed by atoms with Crippen LogP contribution in [0.25, 0.3) is 0 Å². The van der Waals surface area contributed by atoms with Crippen molar-refractivity contribution < 1.29 is 9.59 Å². The molecule has 5 nitrogen and oxygen atoms in total. The summed E-state index contributed by atoms with van der Waals surface area (Å²) in [6, 6.07) is -0.553. The smallest absolute Gasteiger partial charge is 0.239 e. The molecule has 1 saturated carbocycles. The highest BCUT2D eigenvalue weighted by atomic mass is 16.2. The molecule has 0 radical (unpaired) electrons. The van der Waals surface area contributed by atoms with E-state index in [1.54, 1.807) is 0 Å². The summed E-state index contributed by atoms with van der Waals surface area (Å²) in [6.45, 7) is 6.60. The monoisotopic (exact) mass is 255 g/mol. The molecule has 18 heavy (non-hydrogen) atoms. The molecule has 1 fully saturated rings. The van der Waals surface area contributed by atoms with Crippen LogP contribution in [0.3, 0.4) is 0 Å². The fourth-order valence-corrected chi connectivity index (χ4v) is 1.76. The minimum atomic E-state index is -0.553. The van der Waals surface area contributed by atoms with Crippen molar-refractivity contribution in [3.05, 3.63) is 0 Å². The summed E-state index contributed by atoms with van der Waals surface area (Å²) in [5.74, 6) is 0.960. The van der Waals surface area contributed by atoms with E-state index in [-0.39, 0.29) is 24.3 Å². The molecule has 0 spiro atoms. The van der Waals surface area contributed by atoms with Crippen LogP contribution in [0.4, 0.5) is 0 Å². The van der Waals surface area contributed by atoms with Crippen molar-refractivity contribution >= 4 is 11.8 Å². The first kappa shape index (κ1) is 15.0. The van der Waals surface area contributed by atoms with Crippen LogP contribution in [-0.4, -0.2) is 30.9 Å². The second kappa shape index (κ2) is 6.73. The Morgan fingerprint density at radius 1 is 1.22 bits per heavy atom. The second-order valence-corrected chi connectivity index (χ2v) is 5.61. The molecule has 2 atom stereocenters. The van der Waals surface area contributed by atoms with Gasteiger partial charge in [0.1, 0.15) is 0 Å². The summed E-state index contributed by atoms with van der Waals surface area (Å²) in [5.41, 5.74) is 5.67. The minimum absolute atomic E-state index is 0.0106. The van der Waals surface area contributed by atoms with Gasteiger partial charge in [-0.3, -0.25) is 9.59 Å². The molecule has 0 saturated heterocycles. The molecule has 1 aliphatic rings. The molecule has 1 unspecified atom stereocenters. The number of nitrogens with one attached hydrogen (secondary N) is 2. The zero-order chi connectivity index (χ0) is 13.7. The predicted octanol–water partition coefficient (Wildman–Crippen LogP) is 0.248. The Morgan fingerprint density at radius 2 is 1.83 bits per heavy atom. The first-order valence-electron chi connectivity index (χ1n) is 6.71. The quantitative estimate of drug-likeness (QED) is 0.609. The molecular formula is C13H25N3O2. The van der Waals surface area contributed by atoms with Gasteiger partial charge in [-0.25, -0.2) is 0 Å². The Bertz CT molecular complexity index is 301. The summed E-state index contributed by atoms with van der Waals surface area (Å²) in [5, 5.41) is 5.39. The van der Waals surface area contributed by atoms with E-state index in [4.69, 9.17) is 5.73 Å². The SMILES string of the molecule is CC(CNC(=O)CNC(=O)[C@@H](N)C(C)C)C1CC1. The Balaban J connectivity index is 2.14. The van der Waals surface area contributed by atoms with Crippen LogP contribution >= 0.6 is 0 Å². The highest BCUT2D eigenvalue weighted by molar-refractivity contribution is 5.87. The lowest BCUT2D eigenvalue weighted by atomic mass is 10.1. The van der Waals surface area contributed by atoms with Crippen LogP contribution in [0, 0.1) is 17.8 Å². The molecule has 1 aliphatic carbocycles. The zero-order valence-corrected chi connectivity index (χ0v) is 11.5. The van der Waals surface area contributed by atoms with E-state index in [2.05, 4.69) is 17.6 Å². The molecule has 1 rings (SSSR count). The van der Waals surface area contributed by atoms with E-state index in [0.717, 1.165) is 5.92 Å². The molecule has 0 aromatic heterocycles. The molecule has 5 heteroatoms. The second-order valence-electron chi connectivity index (χ2n) is 5.61. The fraction of sp³-hybridized carbons (Fsp3) is 0.846. The Labute approximate surface area is 109 Å². The number of carbonyl (C=O) groups excluding carboxylic acids is 2. The molecule has 0 heterocycles. The van der Waals surface area contributed by atoms with Gasteiger partial charge in [-0.05, 0) is 30.6 Å². The van der Waals surface area contributed by atoms with Crippen LogP contribution < -0.4 is 16.4 Å². The Hall–Kier alpha value is -1.10. The number of nitrogens with two attached hydrogens (primary N) is 1. The van der Waals surface area contributed by atoms with Gasteiger partial charge in [-0.2, -0.15) is 0 Å². The molecule has 2 amide bonds. The minimum Gasteiger partial charge on any atom is -0.354 e. The van der Waals surface area contributed by atoms with E-state index in [1.165, 1.54) is 12.8 Å². The van der Waals surface area contributed by atoms with Crippen LogP contribution in [0.5, 0.6) is 0 Å². The van der Waals surface area contributed by atoms with Crippen LogP contribution in [0.15, 0.2) is 0 Å². The molecular weight excluding hydrogens is 230 g/mol. The lowest BCUT2D eigenvalue weighted by molar-refractivity contribution is -0.127. The zero-order valence-electron chi connectivity index (χ0n) is 11.5. The largest absolute Gasteiger partial charge is 0.354 e. The fourth-order valence-electron chi connectivity index (χ4n) is 1.76. The number of amides is 2. The average molecular weight is 255 g/mol. The van der Waals surface area contributed by atoms with Crippen molar-refractivity contribution in [1.82, 2.24) is 10.6 Å². The number of rotatable bonds is 7. The molecule has 0 aromatic rings. The summed E-state index contributed by atoms with van der Waals surface area (Å²) in [7, 11) is 0. The van der Waals surface area contributed by atoms with Crippen molar-refractivity contribution in [1.29, 1.82) is 0 Å². The number of hydrogen-bond donors (Lipinski definition) is 3. The van der Waals surface area contributed by atoms with Crippen LogP contribution in [-0.2, 0) is 9.59 Å². The lowest BCUT2D eigenvalue weighted by Gasteiger charge is -2.16. The van der Waals surface area contributed by atoms with Crippen molar-refractivity contribution in [3.63, 3.8) is 0 Å². The van der Waals surface area contributed by atoms with Crippen LogP contribution in [0.2, 0.25) is 0 Å². The van der Waals surface area contributed by atoms with E-state index >= 15 is 0 Å². The maximum absolute atomic E-state index is 11.5. The summed E-state index contributed by atoms with van der Waals surface area (Å²) in [6.07, 6.45) is 2.55. The van der Waals surface area contributed by atoms with Gasteiger partial charge >= 0.3 is 0 Å². The van der Waals surface area contributed by atoms with Gasteiger partial charge in [-0.15, -0.1) is 0 Å². The maximum Gasteiger partial charge on any atom is 0.239 e. The highest BCUT2D eigenvalue weighted by Crippen LogP contribution is 2.35. The normalized spacial score (nSPS) is 18.3. The number of hydrogen-bond acceptors (Lipinski definition) is 3. The predicted molar refractivity (Wildman–Crippen MR) is 70.7 cm³/mol. The molecule has 0 aromatic carbocycles. The lowest BCUT2D eigenvalue weighted by Crippen LogP contribution is -2.47. The maximum atomic E-state index is 11.5. The third-order valence-corrected chi connectivity index (χ3v) is 3.49. The van der Waals surface area contributed by atoms with E-state index in [0.29, 0.717) is 12.5 Å². The third-order valence-electron chi connectivity index (χ3n) is 3.49. The van der Waals surface area contributed by atoms with E-state index in [9.17, 15) is 9.59 Å². The summed E-state index contributed by atoms with van der Waals surface area (Å²) >= 11 is 0. The molecule has 4 N–H and O–H groups in total. The van der Waals surface area contributed by atoms with Crippen molar-refractivity contribution in [2.45, 2.75) is 39.7 Å². The Morgan fingerprint density at radius 3 is 2.33 bits per heavy atom. The average Bonchev–Trinajstić information content (AvgIpc) is 3.15. The van der Waals surface area contributed by atoms with Crippen LogP contribution in [0.1, 0.15) is 33.6 Å². The van der Waals surface area contributed by atoms with Gasteiger partial charge in [0.05, 0.1) is 12.6 Å². The topological polar surface area (TPSA) is 84.2 Å². The standard InChI is InChI=1S/C13H25N3O2/c1-8(2)12(14)13(18)16-7-11(17)15-6-9(3)10-4-5-10/h8-10,12H,4-7,14H2,1-3H3,(H,15,17)(H,16,18)/t9?,12-/m0/s1. The van der Waals surface area contributed by atoms with Gasteiger partial charge in [0, 0.05) is 6.54 Å². The van der Waals surface area contributed by atoms with Crippen molar-refractivity contribution in [2.75, 3.05) is 13.1 Å². The van der Waals surface area contributed by atoms with Gasteiger partial charge in [0.15, 0.2) is 0 Å². The van der Waals surface area contributed by atoms with Gasteiger partial charge in [0.25, 0.3) is 0 Å².